The zero-order valence-electron chi connectivity index (χ0n) is 20.8. The second-order valence-electron chi connectivity index (χ2n) is 10.5. The standard InChI is InChI=1S/C34H25N3/c1-34(2)27-11-5-3-9-24(27)25-18-19-30-32(33(25)34)26-10-4-6-12-29(26)37(30)23-16-14-22(15-17-23)28-21-36-20-8-7-13-31(36)35-28/h3-21H,1-2H3. The quantitative estimate of drug-likeness (QED) is 0.246. The molecule has 7 aromatic rings. The van der Waals surface area contributed by atoms with Crippen LogP contribution in [-0.4, -0.2) is 14.0 Å². The fourth-order valence-electron chi connectivity index (χ4n) is 6.46. The maximum absolute atomic E-state index is 4.81. The fraction of sp³-hybridized carbons (Fsp3) is 0.0882. The molecule has 0 saturated carbocycles. The van der Waals surface area contributed by atoms with Crippen molar-refractivity contribution in [2.75, 3.05) is 0 Å². The van der Waals surface area contributed by atoms with Gasteiger partial charge in [-0.25, -0.2) is 4.98 Å². The topological polar surface area (TPSA) is 22.2 Å². The average Bonchev–Trinajstić information content (AvgIpc) is 3.58. The summed E-state index contributed by atoms with van der Waals surface area (Å²) in [5, 5.41) is 2.67. The number of nitrogens with zero attached hydrogens (tertiary/aromatic N) is 3. The van der Waals surface area contributed by atoms with Crippen molar-refractivity contribution >= 4 is 27.5 Å². The van der Waals surface area contributed by atoms with Crippen molar-refractivity contribution in [3.8, 4) is 28.1 Å². The fourth-order valence-corrected chi connectivity index (χ4v) is 6.46. The molecule has 0 radical (unpaired) electrons. The van der Waals surface area contributed by atoms with E-state index in [4.69, 9.17) is 4.98 Å². The van der Waals surface area contributed by atoms with Crippen molar-refractivity contribution < 1.29 is 0 Å². The van der Waals surface area contributed by atoms with E-state index < -0.39 is 0 Å². The van der Waals surface area contributed by atoms with Crippen LogP contribution in [0, 0.1) is 0 Å². The van der Waals surface area contributed by atoms with Gasteiger partial charge in [-0.3, -0.25) is 0 Å². The van der Waals surface area contributed by atoms with Gasteiger partial charge in [0.25, 0.3) is 0 Å². The Morgan fingerprint density at radius 3 is 2.32 bits per heavy atom. The maximum Gasteiger partial charge on any atom is 0.137 e. The van der Waals surface area contributed by atoms with Gasteiger partial charge in [-0.15, -0.1) is 0 Å². The van der Waals surface area contributed by atoms with E-state index in [0.717, 1.165) is 22.6 Å². The third-order valence-corrected chi connectivity index (χ3v) is 8.14. The summed E-state index contributed by atoms with van der Waals surface area (Å²) in [4.78, 5) is 4.81. The summed E-state index contributed by atoms with van der Waals surface area (Å²) in [5.74, 6) is 0. The van der Waals surface area contributed by atoms with E-state index in [1.165, 1.54) is 44.1 Å². The van der Waals surface area contributed by atoms with Crippen LogP contribution in [0.25, 0.3) is 55.5 Å². The molecule has 0 N–H and O–H groups in total. The number of pyridine rings is 1. The summed E-state index contributed by atoms with van der Waals surface area (Å²) in [6.07, 6.45) is 4.13. The zero-order valence-corrected chi connectivity index (χ0v) is 20.8. The molecule has 8 rings (SSSR count). The Balaban J connectivity index is 1.36. The molecular weight excluding hydrogens is 450 g/mol. The summed E-state index contributed by atoms with van der Waals surface area (Å²) in [6, 6.07) is 37.2. The molecule has 0 amide bonds. The van der Waals surface area contributed by atoms with Crippen molar-refractivity contribution in [2.24, 2.45) is 0 Å². The predicted molar refractivity (Wildman–Crippen MR) is 153 cm³/mol. The summed E-state index contributed by atoms with van der Waals surface area (Å²) >= 11 is 0. The molecule has 0 bridgehead atoms. The number of fused-ring (bicyclic) bond motifs is 8. The van der Waals surface area contributed by atoms with Crippen LogP contribution >= 0.6 is 0 Å². The van der Waals surface area contributed by atoms with Crippen LogP contribution in [-0.2, 0) is 5.41 Å². The van der Waals surface area contributed by atoms with E-state index in [1.807, 2.05) is 24.4 Å². The van der Waals surface area contributed by atoms with Crippen molar-refractivity contribution in [3.63, 3.8) is 0 Å². The summed E-state index contributed by atoms with van der Waals surface area (Å²) < 4.78 is 4.48. The lowest BCUT2D eigenvalue weighted by Crippen LogP contribution is -2.15. The third-order valence-electron chi connectivity index (χ3n) is 8.14. The van der Waals surface area contributed by atoms with Gasteiger partial charge in [0, 0.05) is 39.8 Å². The number of para-hydroxylation sites is 1. The molecule has 3 heterocycles. The van der Waals surface area contributed by atoms with Gasteiger partial charge in [0.1, 0.15) is 5.65 Å². The minimum atomic E-state index is -0.0621. The first kappa shape index (κ1) is 20.6. The smallest absolute Gasteiger partial charge is 0.137 e. The molecule has 176 valence electrons. The van der Waals surface area contributed by atoms with Crippen LogP contribution in [0.1, 0.15) is 25.0 Å². The molecule has 37 heavy (non-hydrogen) atoms. The number of hydrogen-bond donors (Lipinski definition) is 0. The number of rotatable bonds is 2. The van der Waals surface area contributed by atoms with Crippen molar-refractivity contribution in [2.45, 2.75) is 19.3 Å². The highest BCUT2D eigenvalue weighted by molar-refractivity contribution is 6.14. The van der Waals surface area contributed by atoms with Gasteiger partial charge in [0.15, 0.2) is 0 Å². The van der Waals surface area contributed by atoms with Gasteiger partial charge in [-0.1, -0.05) is 80.6 Å². The molecule has 3 aromatic heterocycles. The minimum absolute atomic E-state index is 0.0621. The Morgan fingerprint density at radius 1 is 0.676 bits per heavy atom. The highest BCUT2D eigenvalue weighted by Gasteiger charge is 2.37. The van der Waals surface area contributed by atoms with Crippen LogP contribution in [0.2, 0.25) is 0 Å². The molecule has 1 aliphatic carbocycles. The SMILES string of the molecule is CC1(C)c2ccccc2-c2ccc3c(c21)c1ccccc1n3-c1ccc(-c2cn3ccccc3n2)cc1. The summed E-state index contributed by atoms with van der Waals surface area (Å²) in [7, 11) is 0. The van der Waals surface area contributed by atoms with Gasteiger partial charge >= 0.3 is 0 Å². The Kier molecular flexibility index (Phi) is 4.00. The maximum atomic E-state index is 4.81. The monoisotopic (exact) mass is 475 g/mol. The molecule has 3 heteroatoms. The van der Waals surface area contributed by atoms with E-state index in [1.54, 1.807) is 0 Å². The summed E-state index contributed by atoms with van der Waals surface area (Å²) in [6.45, 7) is 4.74. The van der Waals surface area contributed by atoms with Crippen molar-refractivity contribution in [1.29, 1.82) is 0 Å². The molecule has 0 aliphatic heterocycles. The lowest BCUT2D eigenvalue weighted by Gasteiger charge is -2.22. The van der Waals surface area contributed by atoms with Crippen molar-refractivity contribution in [1.82, 2.24) is 14.0 Å². The molecule has 0 unspecified atom stereocenters. The normalized spacial score (nSPS) is 13.9. The van der Waals surface area contributed by atoms with Gasteiger partial charge in [0.05, 0.1) is 16.7 Å². The molecule has 0 fully saturated rings. The number of imidazole rings is 1. The van der Waals surface area contributed by atoms with E-state index in [9.17, 15) is 0 Å². The van der Waals surface area contributed by atoms with E-state index in [2.05, 4.69) is 114 Å². The first-order valence-corrected chi connectivity index (χ1v) is 12.8. The van der Waals surface area contributed by atoms with Crippen LogP contribution in [0.3, 0.4) is 0 Å². The van der Waals surface area contributed by atoms with Crippen LogP contribution < -0.4 is 0 Å². The molecule has 0 atom stereocenters. The predicted octanol–water partition coefficient (Wildman–Crippen LogP) is 8.40. The lowest BCUT2D eigenvalue weighted by atomic mass is 9.80. The zero-order chi connectivity index (χ0) is 24.7. The van der Waals surface area contributed by atoms with Crippen LogP contribution in [0.5, 0.6) is 0 Å². The van der Waals surface area contributed by atoms with Gasteiger partial charge < -0.3 is 8.97 Å². The van der Waals surface area contributed by atoms with Gasteiger partial charge in [0.2, 0.25) is 0 Å². The first-order valence-electron chi connectivity index (χ1n) is 12.8. The van der Waals surface area contributed by atoms with Crippen LogP contribution in [0.4, 0.5) is 0 Å². The Morgan fingerprint density at radius 2 is 1.46 bits per heavy atom. The molecule has 3 nitrogen and oxygen atoms in total. The third kappa shape index (κ3) is 2.74. The van der Waals surface area contributed by atoms with Gasteiger partial charge in [-0.2, -0.15) is 0 Å². The van der Waals surface area contributed by atoms with Crippen molar-refractivity contribution in [3.05, 3.63) is 127 Å². The van der Waals surface area contributed by atoms with Gasteiger partial charge in [-0.05, 0) is 58.7 Å². The largest absolute Gasteiger partial charge is 0.309 e. The molecule has 4 aromatic carbocycles. The first-order chi connectivity index (χ1) is 18.1. The molecule has 0 saturated heterocycles. The molecule has 0 spiro atoms. The van der Waals surface area contributed by atoms with E-state index in [-0.39, 0.29) is 5.41 Å². The number of hydrogen-bond acceptors (Lipinski definition) is 1. The number of benzene rings is 4. The highest BCUT2D eigenvalue weighted by Crippen LogP contribution is 2.53. The molecule has 1 aliphatic rings. The van der Waals surface area contributed by atoms with Crippen LogP contribution in [0.15, 0.2) is 116 Å². The number of aromatic nitrogens is 3. The van der Waals surface area contributed by atoms with E-state index in [0.29, 0.717) is 0 Å². The second-order valence-corrected chi connectivity index (χ2v) is 10.5. The Hall–Kier alpha value is -4.63. The average molecular weight is 476 g/mol. The highest BCUT2D eigenvalue weighted by atomic mass is 15.0. The lowest BCUT2D eigenvalue weighted by molar-refractivity contribution is 0.666. The molecular formula is C34H25N3. The second kappa shape index (κ2) is 7.21. The Bertz CT molecular complexity index is 1970. The Labute approximate surface area is 215 Å². The summed E-state index contributed by atoms with van der Waals surface area (Å²) in [5.41, 5.74) is 12.2. The van der Waals surface area contributed by atoms with E-state index >= 15 is 0 Å². The minimum Gasteiger partial charge on any atom is -0.309 e.